The fourth-order valence-corrected chi connectivity index (χ4v) is 2.20. The Hall–Kier alpha value is -2.40. The molecule has 100 valence electrons. The van der Waals surface area contributed by atoms with Gasteiger partial charge in [-0.25, -0.2) is 0 Å². The van der Waals surface area contributed by atoms with Crippen molar-refractivity contribution in [1.82, 2.24) is 20.2 Å². The van der Waals surface area contributed by atoms with Gasteiger partial charge in [0, 0.05) is 16.3 Å². The topological polar surface area (TPSA) is 69.6 Å². The molecule has 0 fully saturated rings. The molecule has 1 heterocycles. The smallest absolute Gasteiger partial charge is 0.187 e. The van der Waals surface area contributed by atoms with Crippen LogP contribution in [0.2, 0.25) is 5.02 Å². The SMILES string of the molecule is Cc1ccc(N)cc1-c1nnnn1-c1cccc(Cl)c1. The van der Waals surface area contributed by atoms with Gasteiger partial charge in [0.05, 0.1) is 5.69 Å². The minimum Gasteiger partial charge on any atom is -0.399 e. The molecular formula is C14H12ClN5. The number of nitrogens with two attached hydrogens (primary N) is 1. The Bertz CT molecular complexity index is 766. The van der Waals surface area contributed by atoms with E-state index >= 15 is 0 Å². The third-order valence-corrected chi connectivity index (χ3v) is 3.26. The van der Waals surface area contributed by atoms with E-state index in [2.05, 4.69) is 15.5 Å². The summed E-state index contributed by atoms with van der Waals surface area (Å²) in [5.74, 6) is 0.636. The van der Waals surface area contributed by atoms with Crippen LogP contribution in [0.1, 0.15) is 5.56 Å². The van der Waals surface area contributed by atoms with Gasteiger partial charge in [0.2, 0.25) is 0 Å². The average Bonchev–Trinajstić information content (AvgIpc) is 2.90. The number of nitrogen functional groups attached to an aromatic ring is 1. The quantitative estimate of drug-likeness (QED) is 0.735. The molecule has 2 N–H and O–H groups in total. The molecule has 3 rings (SSSR count). The molecular weight excluding hydrogens is 274 g/mol. The number of anilines is 1. The molecule has 2 aromatic carbocycles. The Labute approximate surface area is 121 Å². The Kier molecular flexibility index (Phi) is 3.12. The van der Waals surface area contributed by atoms with Crippen molar-refractivity contribution < 1.29 is 0 Å². The first-order valence-corrected chi connectivity index (χ1v) is 6.44. The number of hydrogen-bond acceptors (Lipinski definition) is 4. The molecule has 0 saturated heterocycles. The minimum absolute atomic E-state index is 0.633. The number of halogens is 1. The number of aryl methyl sites for hydroxylation is 1. The molecule has 0 amide bonds. The van der Waals surface area contributed by atoms with E-state index in [1.54, 1.807) is 10.7 Å². The highest BCUT2D eigenvalue weighted by molar-refractivity contribution is 6.30. The van der Waals surface area contributed by atoms with Crippen molar-refractivity contribution in [2.24, 2.45) is 0 Å². The highest BCUT2D eigenvalue weighted by Crippen LogP contribution is 2.25. The van der Waals surface area contributed by atoms with Crippen LogP contribution in [0.5, 0.6) is 0 Å². The van der Waals surface area contributed by atoms with E-state index in [-0.39, 0.29) is 0 Å². The van der Waals surface area contributed by atoms with Crippen LogP contribution in [-0.4, -0.2) is 20.2 Å². The zero-order valence-corrected chi connectivity index (χ0v) is 11.5. The van der Waals surface area contributed by atoms with Crippen molar-refractivity contribution in [3.8, 4) is 17.1 Å². The van der Waals surface area contributed by atoms with E-state index in [4.69, 9.17) is 17.3 Å². The molecule has 6 heteroatoms. The van der Waals surface area contributed by atoms with Crippen LogP contribution in [0, 0.1) is 6.92 Å². The molecule has 0 aliphatic rings. The molecule has 3 aromatic rings. The third-order valence-electron chi connectivity index (χ3n) is 3.02. The van der Waals surface area contributed by atoms with Gasteiger partial charge in [-0.1, -0.05) is 23.7 Å². The summed E-state index contributed by atoms with van der Waals surface area (Å²) in [7, 11) is 0. The highest BCUT2D eigenvalue weighted by atomic mass is 35.5. The molecule has 0 bridgehead atoms. The van der Waals surface area contributed by atoms with Gasteiger partial charge in [-0.05, 0) is 53.2 Å². The van der Waals surface area contributed by atoms with Gasteiger partial charge in [-0.3, -0.25) is 0 Å². The molecule has 20 heavy (non-hydrogen) atoms. The minimum atomic E-state index is 0.633. The fraction of sp³-hybridized carbons (Fsp3) is 0.0714. The van der Waals surface area contributed by atoms with Crippen LogP contribution < -0.4 is 5.73 Å². The van der Waals surface area contributed by atoms with E-state index in [1.165, 1.54) is 0 Å². The van der Waals surface area contributed by atoms with Crippen LogP contribution in [0.15, 0.2) is 42.5 Å². The monoisotopic (exact) mass is 285 g/mol. The Morgan fingerprint density at radius 3 is 2.80 bits per heavy atom. The van der Waals surface area contributed by atoms with Gasteiger partial charge in [0.1, 0.15) is 0 Å². The lowest BCUT2D eigenvalue weighted by Gasteiger charge is -2.08. The summed E-state index contributed by atoms with van der Waals surface area (Å²) in [5.41, 5.74) is 9.28. The molecule has 0 unspecified atom stereocenters. The van der Waals surface area contributed by atoms with Gasteiger partial charge in [-0.15, -0.1) is 5.10 Å². The molecule has 5 nitrogen and oxygen atoms in total. The Morgan fingerprint density at radius 2 is 2.00 bits per heavy atom. The average molecular weight is 286 g/mol. The van der Waals surface area contributed by atoms with Crippen LogP contribution in [0.3, 0.4) is 0 Å². The van der Waals surface area contributed by atoms with Crippen LogP contribution in [0.4, 0.5) is 5.69 Å². The molecule has 0 spiro atoms. The number of aromatic nitrogens is 4. The van der Waals surface area contributed by atoms with Crippen molar-refractivity contribution in [2.75, 3.05) is 5.73 Å². The predicted molar refractivity (Wildman–Crippen MR) is 78.7 cm³/mol. The van der Waals surface area contributed by atoms with Crippen LogP contribution in [0.25, 0.3) is 17.1 Å². The van der Waals surface area contributed by atoms with Gasteiger partial charge in [0.15, 0.2) is 5.82 Å². The Balaban J connectivity index is 2.18. The second-order valence-corrected chi connectivity index (χ2v) is 4.90. The van der Waals surface area contributed by atoms with Gasteiger partial charge < -0.3 is 5.73 Å². The standard InChI is InChI=1S/C14H12ClN5/c1-9-5-6-11(16)8-13(9)14-17-18-19-20(14)12-4-2-3-10(15)7-12/h2-8H,16H2,1H3. The summed E-state index contributed by atoms with van der Waals surface area (Å²) in [6.07, 6.45) is 0. The largest absolute Gasteiger partial charge is 0.399 e. The first-order chi connectivity index (χ1) is 9.65. The lowest BCUT2D eigenvalue weighted by atomic mass is 10.1. The molecule has 0 aliphatic heterocycles. The summed E-state index contributed by atoms with van der Waals surface area (Å²) in [5, 5.41) is 12.5. The number of hydrogen-bond donors (Lipinski definition) is 1. The van der Waals surface area contributed by atoms with Crippen LogP contribution in [-0.2, 0) is 0 Å². The lowest BCUT2D eigenvalue weighted by molar-refractivity contribution is 0.791. The lowest BCUT2D eigenvalue weighted by Crippen LogP contribution is -2.01. The number of benzene rings is 2. The van der Waals surface area contributed by atoms with Gasteiger partial charge in [-0.2, -0.15) is 4.68 Å². The first kappa shape index (κ1) is 12.6. The molecule has 0 saturated carbocycles. The summed E-state index contributed by atoms with van der Waals surface area (Å²) in [6, 6.07) is 13.0. The second kappa shape index (κ2) is 4.94. The van der Waals surface area contributed by atoms with E-state index in [1.807, 2.05) is 43.3 Å². The van der Waals surface area contributed by atoms with Crippen molar-refractivity contribution in [3.63, 3.8) is 0 Å². The molecule has 0 aliphatic carbocycles. The van der Waals surface area contributed by atoms with E-state index in [0.717, 1.165) is 16.8 Å². The Morgan fingerprint density at radius 1 is 1.15 bits per heavy atom. The molecule has 0 atom stereocenters. The van der Waals surface area contributed by atoms with E-state index in [0.29, 0.717) is 16.5 Å². The van der Waals surface area contributed by atoms with E-state index < -0.39 is 0 Å². The number of tetrazole rings is 1. The third kappa shape index (κ3) is 2.23. The second-order valence-electron chi connectivity index (χ2n) is 4.47. The van der Waals surface area contributed by atoms with Crippen molar-refractivity contribution in [2.45, 2.75) is 6.92 Å². The van der Waals surface area contributed by atoms with Crippen molar-refractivity contribution in [1.29, 1.82) is 0 Å². The number of rotatable bonds is 2. The summed E-state index contributed by atoms with van der Waals surface area (Å²) >= 11 is 6.01. The van der Waals surface area contributed by atoms with Crippen LogP contribution >= 0.6 is 11.6 Å². The highest BCUT2D eigenvalue weighted by Gasteiger charge is 2.13. The van der Waals surface area contributed by atoms with Crippen molar-refractivity contribution >= 4 is 17.3 Å². The fourth-order valence-electron chi connectivity index (χ4n) is 2.02. The summed E-state index contributed by atoms with van der Waals surface area (Å²) in [6.45, 7) is 1.99. The van der Waals surface area contributed by atoms with Crippen molar-refractivity contribution in [3.05, 3.63) is 53.1 Å². The van der Waals surface area contributed by atoms with Gasteiger partial charge >= 0.3 is 0 Å². The summed E-state index contributed by atoms with van der Waals surface area (Å²) in [4.78, 5) is 0. The normalized spacial score (nSPS) is 10.7. The first-order valence-electron chi connectivity index (χ1n) is 6.06. The number of nitrogens with zero attached hydrogens (tertiary/aromatic N) is 4. The predicted octanol–water partition coefficient (Wildman–Crippen LogP) is 2.87. The maximum Gasteiger partial charge on any atom is 0.187 e. The zero-order chi connectivity index (χ0) is 14.1. The van der Waals surface area contributed by atoms with E-state index in [9.17, 15) is 0 Å². The maximum absolute atomic E-state index is 6.01. The van der Waals surface area contributed by atoms with Gasteiger partial charge in [0.25, 0.3) is 0 Å². The molecule has 0 radical (unpaired) electrons. The molecule has 1 aromatic heterocycles. The summed E-state index contributed by atoms with van der Waals surface area (Å²) < 4.78 is 1.65. The maximum atomic E-state index is 6.01. The zero-order valence-electron chi connectivity index (χ0n) is 10.8.